The Labute approximate surface area is 84.3 Å². The molecule has 1 heterocycles. The van der Waals surface area contributed by atoms with Gasteiger partial charge in [-0.05, 0) is 17.5 Å². The van der Waals surface area contributed by atoms with Crippen molar-refractivity contribution >= 4 is 10.9 Å². The zero-order valence-electron chi connectivity index (χ0n) is 7.97. The first-order valence-electron chi connectivity index (χ1n) is 4.17. The van der Waals surface area contributed by atoms with E-state index in [1.165, 1.54) is 0 Å². The molecule has 0 atom stereocenters. The van der Waals surface area contributed by atoms with Gasteiger partial charge in [0, 0.05) is 12.6 Å². The summed E-state index contributed by atoms with van der Waals surface area (Å²) < 4.78 is 36.6. The molecule has 0 unspecified atom stereocenters. The minimum Gasteiger partial charge on any atom is -0.400 e. The number of nitrogens with one attached hydrogen (secondary N) is 1. The smallest absolute Gasteiger partial charge is 0.400 e. The molecule has 0 aliphatic carbocycles. The summed E-state index contributed by atoms with van der Waals surface area (Å²) in [5, 5.41) is 7.58. The monoisotopic (exact) mass is 217 g/mol. The number of H-pyrrole nitrogens is 1. The first-order chi connectivity index (χ1) is 7.07. The van der Waals surface area contributed by atoms with Crippen LogP contribution in [-0.2, 0) is 6.18 Å². The van der Waals surface area contributed by atoms with Crippen LogP contribution >= 0.6 is 0 Å². The molecule has 0 fully saturated rings. The maximum absolute atomic E-state index is 12.2. The number of halogens is 3. The van der Waals surface area contributed by atoms with Gasteiger partial charge in [0.05, 0.1) is 0 Å². The third-order valence-electron chi connectivity index (χ3n) is 1.84. The Morgan fingerprint density at radius 1 is 1.13 bits per heavy atom. The molecule has 1 aromatic carbocycles. The summed E-state index contributed by atoms with van der Waals surface area (Å²) in [6, 6.07) is 7.76. The number of para-hydroxylation sites is 1. The highest BCUT2D eigenvalue weighted by molar-refractivity contribution is 5.80. The van der Waals surface area contributed by atoms with Crippen molar-refractivity contribution in [2.45, 2.75) is 6.18 Å². The van der Waals surface area contributed by atoms with Gasteiger partial charge in [-0.25, -0.2) is 0 Å². The maximum atomic E-state index is 12.2. The van der Waals surface area contributed by atoms with Gasteiger partial charge in [0.15, 0.2) is 0 Å². The normalized spacial score (nSPS) is 11.0. The van der Waals surface area contributed by atoms with E-state index in [1.54, 1.807) is 24.3 Å². The highest BCUT2D eigenvalue weighted by atomic mass is 19.4. The Morgan fingerprint density at radius 3 is 2.27 bits per heavy atom. The molecule has 82 valence electrons. The van der Waals surface area contributed by atoms with Crippen LogP contribution in [0.1, 0.15) is 5.69 Å². The van der Waals surface area contributed by atoms with E-state index in [2.05, 4.69) is 4.98 Å². The molecular weight excluding hydrogens is 207 g/mol. The van der Waals surface area contributed by atoms with Crippen molar-refractivity contribution in [2.75, 3.05) is 7.11 Å². The summed E-state index contributed by atoms with van der Waals surface area (Å²) in [7, 11) is 1.00. The Balaban J connectivity index is 0.000000531. The molecule has 1 aromatic heterocycles. The molecule has 0 saturated heterocycles. The number of aliphatic hydroxyl groups is 1. The van der Waals surface area contributed by atoms with E-state index >= 15 is 0 Å². The van der Waals surface area contributed by atoms with E-state index in [9.17, 15) is 13.2 Å². The average molecular weight is 217 g/mol. The summed E-state index contributed by atoms with van der Waals surface area (Å²) in [5.41, 5.74) is -0.191. The predicted molar refractivity (Wildman–Crippen MR) is 51.4 cm³/mol. The van der Waals surface area contributed by atoms with Gasteiger partial charge in [0.2, 0.25) is 0 Å². The van der Waals surface area contributed by atoms with Crippen molar-refractivity contribution in [2.24, 2.45) is 0 Å². The van der Waals surface area contributed by atoms with Gasteiger partial charge in [0.25, 0.3) is 0 Å². The van der Waals surface area contributed by atoms with Crippen molar-refractivity contribution in [3.05, 3.63) is 36.0 Å². The lowest BCUT2D eigenvalue weighted by atomic mass is 10.2. The quantitative estimate of drug-likeness (QED) is 0.699. The summed E-state index contributed by atoms with van der Waals surface area (Å²) in [5.74, 6) is 0. The van der Waals surface area contributed by atoms with Crippen LogP contribution in [0.25, 0.3) is 10.9 Å². The van der Waals surface area contributed by atoms with Gasteiger partial charge in [-0.1, -0.05) is 18.2 Å². The number of benzene rings is 1. The molecule has 0 radical (unpaired) electrons. The second-order valence-electron chi connectivity index (χ2n) is 2.77. The van der Waals surface area contributed by atoms with Crippen molar-refractivity contribution in [1.29, 1.82) is 0 Å². The van der Waals surface area contributed by atoms with Crippen LogP contribution in [-0.4, -0.2) is 17.2 Å². The summed E-state index contributed by atoms with van der Waals surface area (Å²) in [6.45, 7) is 0. The molecule has 0 bridgehead atoms. The second-order valence-corrected chi connectivity index (χ2v) is 2.77. The summed E-state index contributed by atoms with van der Waals surface area (Å²) >= 11 is 0. The van der Waals surface area contributed by atoms with E-state index in [1.807, 2.05) is 0 Å². The molecule has 0 saturated carbocycles. The summed E-state index contributed by atoms with van der Waals surface area (Å²) in [4.78, 5) is 2.31. The molecular formula is C10H10F3NO. The standard InChI is InChI=1S/C9H6F3N.CH4O/c10-9(11,12)8-5-6-3-1-2-4-7(6)13-8;1-2/h1-5,13H;2H,1H3. The van der Waals surface area contributed by atoms with Crippen molar-refractivity contribution in [3.63, 3.8) is 0 Å². The highest BCUT2D eigenvalue weighted by Crippen LogP contribution is 2.30. The molecule has 5 heteroatoms. The SMILES string of the molecule is CO.FC(F)(F)c1cc2ccccc2[nH]1. The zero-order chi connectivity index (χ0) is 11.5. The van der Waals surface area contributed by atoms with Gasteiger partial charge in [-0.2, -0.15) is 13.2 Å². The van der Waals surface area contributed by atoms with Crippen LogP contribution < -0.4 is 0 Å². The minimum absolute atomic E-state index is 0.509. The molecule has 0 aliphatic rings. The fourth-order valence-corrected chi connectivity index (χ4v) is 1.23. The number of rotatable bonds is 0. The number of aromatic nitrogens is 1. The van der Waals surface area contributed by atoms with E-state index < -0.39 is 11.9 Å². The van der Waals surface area contributed by atoms with Crippen LogP contribution in [0.5, 0.6) is 0 Å². The maximum Gasteiger partial charge on any atom is 0.431 e. The van der Waals surface area contributed by atoms with Gasteiger partial charge in [-0.15, -0.1) is 0 Å². The highest BCUT2D eigenvalue weighted by Gasteiger charge is 2.32. The molecule has 0 amide bonds. The third-order valence-corrected chi connectivity index (χ3v) is 1.84. The fourth-order valence-electron chi connectivity index (χ4n) is 1.23. The third kappa shape index (κ3) is 2.50. The first kappa shape index (κ1) is 11.6. The molecule has 2 aromatic rings. The van der Waals surface area contributed by atoms with Gasteiger partial charge >= 0.3 is 6.18 Å². The lowest BCUT2D eigenvalue weighted by Crippen LogP contribution is -2.04. The lowest BCUT2D eigenvalue weighted by molar-refractivity contribution is -0.140. The largest absolute Gasteiger partial charge is 0.431 e. The molecule has 0 aliphatic heterocycles. The second kappa shape index (κ2) is 4.35. The topological polar surface area (TPSA) is 36.0 Å². The Hall–Kier alpha value is -1.49. The molecule has 15 heavy (non-hydrogen) atoms. The van der Waals surface area contributed by atoms with Gasteiger partial charge < -0.3 is 10.1 Å². The molecule has 2 N–H and O–H groups in total. The number of hydrogen-bond donors (Lipinski definition) is 2. The van der Waals surface area contributed by atoms with E-state index in [-0.39, 0.29) is 0 Å². The average Bonchev–Trinajstić information content (AvgIpc) is 2.63. The van der Waals surface area contributed by atoms with Gasteiger partial charge in [0.1, 0.15) is 5.69 Å². The van der Waals surface area contributed by atoms with Crippen molar-refractivity contribution < 1.29 is 18.3 Å². The Morgan fingerprint density at radius 2 is 1.73 bits per heavy atom. The number of aliphatic hydroxyl groups excluding tert-OH is 1. The first-order valence-corrected chi connectivity index (χ1v) is 4.17. The van der Waals surface area contributed by atoms with Crippen LogP contribution in [0, 0.1) is 0 Å². The number of hydrogen-bond acceptors (Lipinski definition) is 1. The minimum atomic E-state index is -4.29. The van der Waals surface area contributed by atoms with Crippen molar-refractivity contribution in [1.82, 2.24) is 4.98 Å². The number of aromatic amines is 1. The molecule has 2 rings (SSSR count). The number of fused-ring (bicyclic) bond motifs is 1. The van der Waals surface area contributed by atoms with E-state index in [0.717, 1.165) is 13.2 Å². The van der Waals surface area contributed by atoms with Crippen LogP contribution in [0.2, 0.25) is 0 Å². The lowest BCUT2D eigenvalue weighted by Gasteiger charge is -2.00. The predicted octanol–water partition coefficient (Wildman–Crippen LogP) is 2.80. The summed E-state index contributed by atoms with van der Waals surface area (Å²) in [6.07, 6.45) is -4.29. The Bertz CT molecular complexity index is 400. The van der Waals surface area contributed by atoms with E-state index in [4.69, 9.17) is 5.11 Å². The zero-order valence-corrected chi connectivity index (χ0v) is 7.97. The van der Waals surface area contributed by atoms with Crippen LogP contribution in [0.3, 0.4) is 0 Å². The molecule has 0 spiro atoms. The van der Waals surface area contributed by atoms with Gasteiger partial charge in [-0.3, -0.25) is 0 Å². The number of alkyl halides is 3. The fraction of sp³-hybridized carbons (Fsp3) is 0.200. The van der Waals surface area contributed by atoms with E-state index in [0.29, 0.717) is 10.9 Å². The van der Waals surface area contributed by atoms with Crippen molar-refractivity contribution in [3.8, 4) is 0 Å². The molecule has 2 nitrogen and oxygen atoms in total. The van der Waals surface area contributed by atoms with Crippen LogP contribution in [0.4, 0.5) is 13.2 Å². The van der Waals surface area contributed by atoms with Crippen LogP contribution in [0.15, 0.2) is 30.3 Å². The Kier molecular flexibility index (Phi) is 3.36.